The van der Waals surface area contributed by atoms with Crippen molar-refractivity contribution in [2.45, 2.75) is 19.4 Å². The lowest BCUT2D eigenvalue weighted by Crippen LogP contribution is -2.30. The van der Waals surface area contributed by atoms with E-state index in [9.17, 15) is 14.0 Å². The maximum Gasteiger partial charge on any atom is 0.225 e. The standard InChI is InChI=1S/C23H21FN2O2/c1-16(27)25-21-13-7-17(8-14-21)15-22(28)26-23(18-5-3-2-4-6-18)19-9-11-20(24)12-10-19/h2-14,23H,15H2,1H3,(H,25,27)(H,26,28). The van der Waals surface area contributed by atoms with Gasteiger partial charge in [-0.3, -0.25) is 9.59 Å². The van der Waals surface area contributed by atoms with Crippen molar-refractivity contribution < 1.29 is 14.0 Å². The van der Waals surface area contributed by atoms with Gasteiger partial charge in [-0.05, 0) is 41.0 Å². The largest absolute Gasteiger partial charge is 0.345 e. The molecule has 1 unspecified atom stereocenters. The lowest BCUT2D eigenvalue weighted by Gasteiger charge is -2.20. The van der Waals surface area contributed by atoms with Gasteiger partial charge in [0.1, 0.15) is 5.82 Å². The molecule has 0 saturated carbocycles. The number of halogens is 1. The first-order chi connectivity index (χ1) is 13.5. The summed E-state index contributed by atoms with van der Waals surface area (Å²) in [5.74, 6) is -0.609. The molecule has 0 radical (unpaired) electrons. The maximum absolute atomic E-state index is 13.3. The molecule has 0 saturated heterocycles. The summed E-state index contributed by atoms with van der Waals surface area (Å²) in [6.45, 7) is 1.44. The highest BCUT2D eigenvalue weighted by atomic mass is 19.1. The second-order valence-electron chi connectivity index (χ2n) is 6.52. The number of benzene rings is 3. The third-order valence-corrected chi connectivity index (χ3v) is 4.28. The molecule has 3 aromatic rings. The highest BCUT2D eigenvalue weighted by molar-refractivity contribution is 5.88. The van der Waals surface area contributed by atoms with E-state index in [0.717, 1.165) is 16.7 Å². The van der Waals surface area contributed by atoms with Gasteiger partial charge in [-0.1, -0.05) is 54.6 Å². The number of carbonyl (C=O) groups excluding carboxylic acids is 2. The molecule has 4 nitrogen and oxygen atoms in total. The zero-order valence-corrected chi connectivity index (χ0v) is 15.5. The zero-order valence-electron chi connectivity index (χ0n) is 15.5. The van der Waals surface area contributed by atoms with Gasteiger partial charge in [-0.2, -0.15) is 0 Å². The van der Waals surface area contributed by atoms with E-state index in [1.54, 1.807) is 36.4 Å². The fraction of sp³-hybridized carbons (Fsp3) is 0.130. The Labute approximate surface area is 163 Å². The fourth-order valence-corrected chi connectivity index (χ4v) is 2.97. The summed E-state index contributed by atoms with van der Waals surface area (Å²) >= 11 is 0. The fourth-order valence-electron chi connectivity index (χ4n) is 2.97. The molecular formula is C23H21FN2O2. The molecule has 1 atom stereocenters. The molecule has 3 rings (SSSR count). The Kier molecular flexibility index (Phi) is 6.17. The van der Waals surface area contributed by atoms with Crippen LogP contribution in [0.15, 0.2) is 78.9 Å². The number of amides is 2. The summed E-state index contributed by atoms with van der Waals surface area (Å²) in [7, 11) is 0. The number of anilines is 1. The van der Waals surface area contributed by atoms with Crippen LogP contribution in [0.3, 0.4) is 0 Å². The molecule has 0 aliphatic carbocycles. The first kappa shape index (κ1) is 19.3. The third-order valence-electron chi connectivity index (χ3n) is 4.28. The van der Waals surface area contributed by atoms with Gasteiger partial charge in [0.2, 0.25) is 11.8 Å². The van der Waals surface area contributed by atoms with Gasteiger partial charge in [0.15, 0.2) is 0 Å². The van der Waals surface area contributed by atoms with E-state index in [0.29, 0.717) is 5.69 Å². The van der Waals surface area contributed by atoms with E-state index in [1.807, 2.05) is 30.3 Å². The molecular weight excluding hydrogens is 355 g/mol. The molecule has 28 heavy (non-hydrogen) atoms. The summed E-state index contributed by atoms with van der Waals surface area (Å²) in [5.41, 5.74) is 3.24. The minimum absolute atomic E-state index is 0.143. The molecule has 2 amide bonds. The van der Waals surface area contributed by atoms with E-state index in [-0.39, 0.29) is 30.1 Å². The summed E-state index contributed by atoms with van der Waals surface area (Å²) < 4.78 is 13.3. The Hall–Kier alpha value is -3.47. The number of nitrogens with one attached hydrogen (secondary N) is 2. The van der Waals surface area contributed by atoms with Gasteiger partial charge in [0.05, 0.1) is 12.5 Å². The number of hydrogen-bond donors (Lipinski definition) is 2. The van der Waals surface area contributed by atoms with Crippen LogP contribution in [0.4, 0.5) is 10.1 Å². The quantitative estimate of drug-likeness (QED) is 0.676. The molecule has 142 valence electrons. The second kappa shape index (κ2) is 8.95. The molecule has 5 heteroatoms. The van der Waals surface area contributed by atoms with Crippen molar-refractivity contribution in [3.05, 3.63) is 101 Å². The van der Waals surface area contributed by atoms with Crippen LogP contribution in [-0.2, 0) is 16.0 Å². The zero-order chi connectivity index (χ0) is 19.9. The van der Waals surface area contributed by atoms with Crippen LogP contribution in [0.5, 0.6) is 0 Å². The topological polar surface area (TPSA) is 58.2 Å². The Balaban J connectivity index is 1.74. The summed E-state index contributed by atoms with van der Waals surface area (Å²) in [6.07, 6.45) is 0.199. The van der Waals surface area contributed by atoms with Crippen LogP contribution in [-0.4, -0.2) is 11.8 Å². The van der Waals surface area contributed by atoms with Crippen LogP contribution in [0, 0.1) is 5.82 Å². The van der Waals surface area contributed by atoms with Crippen LogP contribution in [0.2, 0.25) is 0 Å². The molecule has 0 bridgehead atoms. The van der Waals surface area contributed by atoms with Crippen molar-refractivity contribution in [2.24, 2.45) is 0 Å². The Bertz CT molecular complexity index is 939. The third kappa shape index (κ3) is 5.27. The highest BCUT2D eigenvalue weighted by Gasteiger charge is 2.17. The molecule has 0 heterocycles. The summed E-state index contributed by atoms with van der Waals surface area (Å²) in [4.78, 5) is 23.7. The second-order valence-corrected chi connectivity index (χ2v) is 6.52. The Morgan fingerprint density at radius 1 is 0.857 bits per heavy atom. The predicted molar refractivity (Wildman–Crippen MR) is 107 cm³/mol. The van der Waals surface area contributed by atoms with Crippen molar-refractivity contribution in [1.82, 2.24) is 5.32 Å². The van der Waals surface area contributed by atoms with E-state index in [4.69, 9.17) is 0 Å². The lowest BCUT2D eigenvalue weighted by molar-refractivity contribution is -0.121. The molecule has 3 aromatic carbocycles. The van der Waals surface area contributed by atoms with E-state index < -0.39 is 0 Å². The van der Waals surface area contributed by atoms with Crippen molar-refractivity contribution in [2.75, 3.05) is 5.32 Å². The molecule has 0 fully saturated rings. The summed E-state index contributed by atoms with van der Waals surface area (Å²) in [6, 6.07) is 22.5. The molecule has 0 aliphatic rings. The average molecular weight is 376 g/mol. The van der Waals surface area contributed by atoms with Gasteiger partial charge in [0, 0.05) is 12.6 Å². The highest BCUT2D eigenvalue weighted by Crippen LogP contribution is 2.22. The van der Waals surface area contributed by atoms with Gasteiger partial charge >= 0.3 is 0 Å². The first-order valence-corrected chi connectivity index (χ1v) is 8.97. The van der Waals surface area contributed by atoms with Crippen LogP contribution in [0.1, 0.15) is 29.7 Å². The molecule has 0 spiro atoms. The first-order valence-electron chi connectivity index (χ1n) is 8.97. The lowest BCUT2D eigenvalue weighted by atomic mass is 9.98. The monoisotopic (exact) mass is 376 g/mol. The molecule has 0 aromatic heterocycles. The van der Waals surface area contributed by atoms with Crippen LogP contribution < -0.4 is 10.6 Å². The normalized spacial score (nSPS) is 11.5. The minimum atomic E-state index is -0.368. The van der Waals surface area contributed by atoms with Gasteiger partial charge in [0.25, 0.3) is 0 Å². The van der Waals surface area contributed by atoms with E-state index in [2.05, 4.69) is 10.6 Å². The number of rotatable bonds is 6. The van der Waals surface area contributed by atoms with Gasteiger partial charge in [-0.15, -0.1) is 0 Å². The van der Waals surface area contributed by atoms with Crippen LogP contribution >= 0.6 is 0 Å². The SMILES string of the molecule is CC(=O)Nc1ccc(CC(=O)NC(c2ccccc2)c2ccc(F)cc2)cc1. The van der Waals surface area contributed by atoms with E-state index >= 15 is 0 Å². The average Bonchev–Trinajstić information content (AvgIpc) is 2.69. The summed E-state index contributed by atoms with van der Waals surface area (Å²) in [5, 5.41) is 5.73. The maximum atomic E-state index is 13.3. The predicted octanol–water partition coefficient (Wildman–Crippen LogP) is 4.23. The Morgan fingerprint density at radius 2 is 1.46 bits per heavy atom. The molecule has 0 aliphatic heterocycles. The smallest absolute Gasteiger partial charge is 0.225 e. The van der Waals surface area contributed by atoms with Gasteiger partial charge in [-0.25, -0.2) is 4.39 Å². The van der Waals surface area contributed by atoms with E-state index in [1.165, 1.54) is 19.1 Å². The van der Waals surface area contributed by atoms with Crippen molar-refractivity contribution in [3.63, 3.8) is 0 Å². The van der Waals surface area contributed by atoms with Crippen LogP contribution in [0.25, 0.3) is 0 Å². The number of hydrogen-bond acceptors (Lipinski definition) is 2. The Morgan fingerprint density at radius 3 is 2.07 bits per heavy atom. The van der Waals surface area contributed by atoms with Crippen molar-refractivity contribution in [3.8, 4) is 0 Å². The molecule has 2 N–H and O–H groups in total. The minimum Gasteiger partial charge on any atom is -0.345 e. The van der Waals surface area contributed by atoms with Crippen molar-refractivity contribution >= 4 is 17.5 Å². The number of carbonyl (C=O) groups is 2. The van der Waals surface area contributed by atoms with Gasteiger partial charge < -0.3 is 10.6 Å². The van der Waals surface area contributed by atoms with Crippen molar-refractivity contribution in [1.29, 1.82) is 0 Å².